The normalized spacial score (nSPS) is 14.1. The summed E-state index contributed by atoms with van der Waals surface area (Å²) >= 11 is 0. The summed E-state index contributed by atoms with van der Waals surface area (Å²) in [6.07, 6.45) is 0. The van der Waals surface area contributed by atoms with Crippen molar-refractivity contribution in [2.75, 3.05) is 9.80 Å². The molecule has 2 aliphatic carbocycles. The van der Waals surface area contributed by atoms with Gasteiger partial charge in [-0.1, -0.05) is 194 Å². The second-order valence-electron chi connectivity index (χ2n) is 16.4. The van der Waals surface area contributed by atoms with Gasteiger partial charge in [-0.3, -0.25) is 0 Å². The van der Waals surface area contributed by atoms with E-state index in [9.17, 15) is 0 Å². The molecule has 0 fully saturated rings. The van der Waals surface area contributed by atoms with Gasteiger partial charge >= 0.3 is 0 Å². The number of hydrogen-bond acceptors (Lipinski definition) is 2. The molecule has 2 heteroatoms. The van der Waals surface area contributed by atoms with Crippen molar-refractivity contribution in [3.63, 3.8) is 0 Å². The first-order valence-electron chi connectivity index (χ1n) is 21.8. The number of fused-ring (bicyclic) bond motifs is 10. The molecular formula is C61H42N2. The van der Waals surface area contributed by atoms with E-state index in [2.05, 4.69) is 265 Å². The van der Waals surface area contributed by atoms with Crippen LogP contribution in [0.1, 0.15) is 22.3 Å². The Balaban J connectivity index is 1.15. The van der Waals surface area contributed by atoms with Crippen LogP contribution < -0.4 is 9.80 Å². The molecule has 0 saturated heterocycles. The predicted octanol–water partition coefficient (Wildman–Crippen LogP) is 16.3. The molecule has 2 nitrogen and oxygen atoms in total. The van der Waals surface area contributed by atoms with Crippen molar-refractivity contribution in [3.8, 4) is 44.5 Å². The maximum atomic E-state index is 2.50. The predicted molar refractivity (Wildman–Crippen MR) is 263 cm³/mol. The molecular weight excluding hydrogens is 761 g/mol. The van der Waals surface area contributed by atoms with Crippen LogP contribution in [0, 0.1) is 0 Å². The van der Waals surface area contributed by atoms with Crippen LogP contribution in [0.5, 0.6) is 0 Å². The molecule has 1 spiro atoms. The standard InChI is InChI=1S/C61H42N2/c1-6-21-43(22-7-1)50-33-20-34-51(44-23-8-2-9-24-44)60(50)63(47-29-14-5-15-30-47)49-38-40-55-53-32-17-19-36-57(53)61(59(55)42-49)56-35-18-16-31-52(56)54-39-37-48(41-58(54)61)62(45-25-10-3-11-26-45)46-27-12-4-13-28-46/h1-42H. The summed E-state index contributed by atoms with van der Waals surface area (Å²) in [4.78, 5) is 4.88. The molecule has 0 saturated carbocycles. The molecule has 1 atom stereocenters. The summed E-state index contributed by atoms with van der Waals surface area (Å²) in [7, 11) is 0. The summed E-state index contributed by atoms with van der Waals surface area (Å²) in [6.45, 7) is 0. The fourth-order valence-electron chi connectivity index (χ4n) is 10.5. The van der Waals surface area contributed by atoms with Crippen molar-refractivity contribution >= 4 is 34.1 Å². The molecule has 2 aliphatic rings. The second-order valence-corrected chi connectivity index (χ2v) is 16.4. The minimum absolute atomic E-state index is 0.577. The third kappa shape index (κ3) is 5.80. The van der Waals surface area contributed by atoms with Gasteiger partial charge in [0.2, 0.25) is 0 Å². The average molecular weight is 803 g/mol. The molecule has 12 rings (SSSR count). The van der Waals surface area contributed by atoms with Crippen molar-refractivity contribution in [2.45, 2.75) is 5.41 Å². The van der Waals surface area contributed by atoms with Crippen LogP contribution in [-0.4, -0.2) is 0 Å². The SMILES string of the molecule is c1ccc(-c2cccc(-c3ccccc3)c2N(c2ccccc2)c2ccc3c(c2)C2(c4ccccc4-c4ccc(N(c5ccccc5)c5ccccc5)cc42)c2ccccc2-3)cc1. The molecule has 63 heavy (non-hydrogen) atoms. The van der Waals surface area contributed by atoms with E-state index < -0.39 is 5.41 Å². The molecule has 0 heterocycles. The van der Waals surface area contributed by atoms with E-state index in [4.69, 9.17) is 0 Å². The number of anilines is 6. The highest BCUT2D eigenvalue weighted by atomic mass is 15.2. The van der Waals surface area contributed by atoms with Crippen LogP contribution in [-0.2, 0) is 5.41 Å². The first-order valence-corrected chi connectivity index (χ1v) is 21.8. The van der Waals surface area contributed by atoms with E-state index in [1.807, 2.05) is 0 Å². The Morgan fingerprint density at radius 1 is 0.222 bits per heavy atom. The topological polar surface area (TPSA) is 6.48 Å². The van der Waals surface area contributed by atoms with Crippen molar-refractivity contribution < 1.29 is 0 Å². The summed E-state index contributed by atoms with van der Waals surface area (Å²) in [6, 6.07) is 93.3. The second kappa shape index (κ2) is 15.1. The summed E-state index contributed by atoms with van der Waals surface area (Å²) in [5.41, 5.74) is 21.1. The van der Waals surface area contributed by atoms with Gasteiger partial charge in [0.05, 0.1) is 11.1 Å². The highest BCUT2D eigenvalue weighted by molar-refractivity contribution is 6.00. The lowest BCUT2D eigenvalue weighted by atomic mass is 9.70. The quantitative estimate of drug-likeness (QED) is 0.151. The summed E-state index contributed by atoms with van der Waals surface area (Å²) < 4.78 is 0. The smallest absolute Gasteiger partial charge is 0.0727 e. The maximum absolute atomic E-state index is 2.50. The molecule has 0 amide bonds. The first kappa shape index (κ1) is 36.6. The van der Waals surface area contributed by atoms with Crippen LogP contribution in [0.25, 0.3) is 44.5 Å². The molecule has 0 aliphatic heterocycles. The van der Waals surface area contributed by atoms with Crippen molar-refractivity contribution in [2.24, 2.45) is 0 Å². The Morgan fingerprint density at radius 3 is 1.00 bits per heavy atom. The molecule has 0 bridgehead atoms. The lowest BCUT2D eigenvalue weighted by Gasteiger charge is -2.34. The number of benzene rings is 10. The molecule has 296 valence electrons. The fourth-order valence-corrected chi connectivity index (χ4v) is 10.5. The van der Waals surface area contributed by atoms with Gasteiger partial charge in [-0.25, -0.2) is 0 Å². The molecule has 0 radical (unpaired) electrons. The summed E-state index contributed by atoms with van der Waals surface area (Å²) in [5.74, 6) is 0. The monoisotopic (exact) mass is 802 g/mol. The zero-order valence-electron chi connectivity index (χ0n) is 34.6. The van der Waals surface area contributed by atoms with Crippen molar-refractivity contribution in [1.82, 2.24) is 0 Å². The molecule has 1 unspecified atom stereocenters. The van der Waals surface area contributed by atoms with Crippen LogP contribution in [0.2, 0.25) is 0 Å². The van der Waals surface area contributed by atoms with Crippen LogP contribution in [0.4, 0.5) is 34.1 Å². The molecule has 10 aromatic rings. The average Bonchev–Trinajstić information content (AvgIpc) is 3.82. The minimum atomic E-state index is -0.577. The zero-order chi connectivity index (χ0) is 41.7. The number of hydrogen-bond donors (Lipinski definition) is 0. The maximum Gasteiger partial charge on any atom is 0.0727 e. The largest absolute Gasteiger partial charge is 0.310 e. The lowest BCUT2D eigenvalue weighted by Crippen LogP contribution is -2.26. The van der Waals surface area contributed by atoms with E-state index in [1.165, 1.54) is 66.8 Å². The van der Waals surface area contributed by atoms with Crippen LogP contribution in [0.3, 0.4) is 0 Å². The van der Waals surface area contributed by atoms with Gasteiger partial charge in [-0.05, 0) is 116 Å². The van der Waals surface area contributed by atoms with E-state index in [0.717, 1.165) is 34.1 Å². The fraction of sp³-hybridized carbons (Fsp3) is 0.0164. The number of rotatable bonds is 8. The summed E-state index contributed by atoms with van der Waals surface area (Å²) in [5, 5.41) is 0. The Bertz CT molecular complexity index is 3160. The number of para-hydroxylation sites is 4. The van der Waals surface area contributed by atoms with E-state index in [-0.39, 0.29) is 0 Å². The van der Waals surface area contributed by atoms with Gasteiger partial charge in [0.15, 0.2) is 0 Å². The third-order valence-corrected chi connectivity index (χ3v) is 13.0. The number of nitrogens with zero attached hydrogens (tertiary/aromatic N) is 2. The lowest BCUT2D eigenvalue weighted by molar-refractivity contribution is 0.793. The van der Waals surface area contributed by atoms with Crippen LogP contribution >= 0.6 is 0 Å². The Morgan fingerprint density at radius 2 is 0.556 bits per heavy atom. The molecule has 10 aromatic carbocycles. The van der Waals surface area contributed by atoms with E-state index in [1.54, 1.807) is 0 Å². The highest BCUT2D eigenvalue weighted by Gasteiger charge is 2.52. The van der Waals surface area contributed by atoms with Gasteiger partial charge in [0, 0.05) is 39.6 Å². The minimum Gasteiger partial charge on any atom is -0.310 e. The zero-order valence-corrected chi connectivity index (χ0v) is 34.6. The Kier molecular flexibility index (Phi) is 8.76. The van der Waals surface area contributed by atoms with Gasteiger partial charge < -0.3 is 9.80 Å². The Labute approximate surface area is 369 Å². The Hall–Kier alpha value is -8.20. The van der Waals surface area contributed by atoms with E-state index >= 15 is 0 Å². The van der Waals surface area contributed by atoms with Gasteiger partial charge in [0.1, 0.15) is 0 Å². The third-order valence-electron chi connectivity index (χ3n) is 13.0. The first-order chi connectivity index (χ1) is 31.3. The van der Waals surface area contributed by atoms with Gasteiger partial charge in [-0.2, -0.15) is 0 Å². The highest BCUT2D eigenvalue weighted by Crippen LogP contribution is 2.64. The van der Waals surface area contributed by atoms with Crippen molar-refractivity contribution in [1.29, 1.82) is 0 Å². The van der Waals surface area contributed by atoms with Crippen molar-refractivity contribution in [3.05, 3.63) is 277 Å². The van der Waals surface area contributed by atoms with Gasteiger partial charge in [0.25, 0.3) is 0 Å². The van der Waals surface area contributed by atoms with Crippen LogP contribution in [0.15, 0.2) is 255 Å². The van der Waals surface area contributed by atoms with Gasteiger partial charge in [-0.15, -0.1) is 0 Å². The molecule has 0 aromatic heterocycles. The van der Waals surface area contributed by atoms with E-state index in [0.29, 0.717) is 0 Å². The molecule has 0 N–H and O–H groups in total.